The monoisotopic (exact) mass is 256 g/mol. The quantitative estimate of drug-likeness (QED) is 0.893. The number of halogens is 1. The first-order valence-corrected chi connectivity index (χ1v) is 7.22. The largest absolute Gasteiger partial charge is 0.392 e. The van der Waals surface area contributed by atoms with Crippen molar-refractivity contribution in [2.24, 2.45) is 0 Å². The molecule has 0 radical (unpaired) electrons. The van der Waals surface area contributed by atoms with Crippen LogP contribution in [0.3, 0.4) is 0 Å². The molecule has 88 valence electrons. The summed E-state index contributed by atoms with van der Waals surface area (Å²) in [4.78, 5) is 0. The molecule has 1 heterocycles. The molecule has 0 aromatic heterocycles. The summed E-state index contributed by atoms with van der Waals surface area (Å²) in [6.07, 6.45) is 4.24. The Morgan fingerprint density at radius 3 is 2.69 bits per heavy atom. The Kier molecular flexibility index (Phi) is 4.56. The van der Waals surface area contributed by atoms with E-state index in [-0.39, 0.29) is 6.10 Å². The Balaban J connectivity index is 1.90. The highest BCUT2D eigenvalue weighted by molar-refractivity contribution is 8.00. The Labute approximate surface area is 106 Å². The molecule has 3 heteroatoms. The number of rotatable bonds is 3. The predicted molar refractivity (Wildman–Crippen MR) is 71.3 cm³/mol. The Bertz CT molecular complexity index is 319. The zero-order chi connectivity index (χ0) is 11.4. The van der Waals surface area contributed by atoms with Crippen molar-refractivity contribution in [2.45, 2.75) is 37.0 Å². The van der Waals surface area contributed by atoms with Gasteiger partial charge in [-0.25, -0.2) is 0 Å². The SMILES string of the molecule is OC(Cc1ccc(Cl)cc1)C1CCCCS1. The summed E-state index contributed by atoms with van der Waals surface area (Å²) in [7, 11) is 0. The average Bonchev–Trinajstić information content (AvgIpc) is 2.33. The van der Waals surface area contributed by atoms with Gasteiger partial charge in [0.25, 0.3) is 0 Å². The maximum atomic E-state index is 10.1. The maximum absolute atomic E-state index is 10.1. The van der Waals surface area contributed by atoms with Gasteiger partial charge in [0.05, 0.1) is 6.10 Å². The van der Waals surface area contributed by atoms with Gasteiger partial charge in [-0.2, -0.15) is 11.8 Å². The molecule has 0 amide bonds. The zero-order valence-corrected chi connectivity index (χ0v) is 10.8. The molecule has 2 atom stereocenters. The number of hydrogen-bond donors (Lipinski definition) is 1. The van der Waals surface area contributed by atoms with Gasteiger partial charge in [-0.1, -0.05) is 30.2 Å². The fourth-order valence-corrected chi connectivity index (χ4v) is 3.51. The van der Waals surface area contributed by atoms with E-state index in [0.29, 0.717) is 5.25 Å². The number of hydrogen-bond acceptors (Lipinski definition) is 2. The van der Waals surface area contributed by atoms with Gasteiger partial charge >= 0.3 is 0 Å². The van der Waals surface area contributed by atoms with Gasteiger partial charge in [-0.05, 0) is 42.7 Å². The van der Waals surface area contributed by atoms with Gasteiger partial charge in [0.2, 0.25) is 0 Å². The number of aliphatic hydroxyl groups is 1. The first kappa shape index (κ1) is 12.3. The zero-order valence-electron chi connectivity index (χ0n) is 9.23. The Hall–Kier alpha value is -0.180. The average molecular weight is 257 g/mol. The third kappa shape index (κ3) is 3.41. The highest BCUT2D eigenvalue weighted by atomic mass is 35.5. The van der Waals surface area contributed by atoms with Crippen LogP contribution >= 0.6 is 23.4 Å². The second-order valence-corrected chi connectivity index (χ2v) is 6.09. The molecule has 16 heavy (non-hydrogen) atoms. The van der Waals surface area contributed by atoms with Crippen LogP contribution in [0.4, 0.5) is 0 Å². The lowest BCUT2D eigenvalue weighted by Gasteiger charge is -2.26. The van der Waals surface area contributed by atoms with E-state index in [9.17, 15) is 5.11 Å². The fourth-order valence-electron chi connectivity index (χ4n) is 2.06. The van der Waals surface area contributed by atoms with Gasteiger partial charge in [-0.15, -0.1) is 0 Å². The molecule has 1 aliphatic heterocycles. The van der Waals surface area contributed by atoms with Crippen LogP contribution in [-0.4, -0.2) is 22.2 Å². The van der Waals surface area contributed by atoms with E-state index in [1.807, 2.05) is 36.0 Å². The van der Waals surface area contributed by atoms with Crippen LogP contribution in [-0.2, 0) is 6.42 Å². The lowest BCUT2D eigenvalue weighted by molar-refractivity contribution is 0.166. The Morgan fingerprint density at radius 1 is 1.31 bits per heavy atom. The van der Waals surface area contributed by atoms with Crippen LogP contribution in [0.5, 0.6) is 0 Å². The van der Waals surface area contributed by atoms with Crippen molar-refractivity contribution >= 4 is 23.4 Å². The topological polar surface area (TPSA) is 20.2 Å². The highest BCUT2D eigenvalue weighted by Crippen LogP contribution is 2.29. The molecule has 0 spiro atoms. The van der Waals surface area contributed by atoms with E-state index < -0.39 is 0 Å². The van der Waals surface area contributed by atoms with Gasteiger partial charge in [0.15, 0.2) is 0 Å². The molecule has 1 aromatic carbocycles. The van der Waals surface area contributed by atoms with Crippen molar-refractivity contribution < 1.29 is 5.11 Å². The smallest absolute Gasteiger partial charge is 0.0699 e. The first-order valence-electron chi connectivity index (χ1n) is 5.80. The van der Waals surface area contributed by atoms with E-state index in [0.717, 1.165) is 17.9 Å². The second-order valence-electron chi connectivity index (χ2n) is 4.30. The van der Waals surface area contributed by atoms with Crippen molar-refractivity contribution in [2.75, 3.05) is 5.75 Å². The number of aliphatic hydroxyl groups excluding tert-OH is 1. The van der Waals surface area contributed by atoms with Gasteiger partial charge in [0, 0.05) is 10.3 Å². The standard InChI is InChI=1S/C13H17ClOS/c14-11-6-4-10(5-7-11)9-12(15)13-3-1-2-8-16-13/h4-7,12-13,15H,1-3,8-9H2. The van der Waals surface area contributed by atoms with Crippen molar-refractivity contribution in [3.05, 3.63) is 34.9 Å². The third-order valence-electron chi connectivity index (χ3n) is 3.00. The molecule has 1 aliphatic rings. The fraction of sp³-hybridized carbons (Fsp3) is 0.538. The minimum Gasteiger partial charge on any atom is -0.392 e. The summed E-state index contributed by atoms with van der Waals surface area (Å²) in [5.74, 6) is 1.20. The molecular weight excluding hydrogens is 240 g/mol. The van der Waals surface area contributed by atoms with Crippen molar-refractivity contribution in [3.8, 4) is 0 Å². The normalized spacial score (nSPS) is 23.0. The van der Waals surface area contributed by atoms with Crippen LogP contribution in [0.15, 0.2) is 24.3 Å². The van der Waals surface area contributed by atoms with Crippen molar-refractivity contribution in [1.29, 1.82) is 0 Å². The molecule has 0 aliphatic carbocycles. The summed E-state index contributed by atoms with van der Waals surface area (Å²) in [5.41, 5.74) is 1.17. The lowest BCUT2D eigenvalue weighted by Crippen LogP contribution is -2.27. The van der Waals surface area contributed by atoms with Crippen LogP contribution in [0, 0.1) is 0 Å². The minimum atomic E-state index is -0.216. The highest BCUT2D eigenvalue weighted by Gasteiger charge is 2.22. The predicted octanol–water partition coefficient (Wildman–Crippen LogP) is 3.53. The summed E-state index contributed by atoms with van der Waals surface area (Å²) in [6.45, 7) is 0. The van der Waals surface area contributed by atoms with E-state index >= 15 is 0 Å². The summed E-state index contributed by atoms with van der Waals surface area (Å²) < 4.78 is 0. The molecular formula is C13H17ClOS. The van der Waals surface area contributed by atoms with E-state index in [1.165, 1.54) is 24.2 Å². The van der Waals surface area contributed by atoms with Crippen molar-refractivity contribution in [3.63, 3.8) is 0 Å². The molecule has 0 bridgehead atoms. The van der Waals surface area contributed by atoms with Crippen LogP contribution in [0.2, 0.25) is 5.02 Å². The maximum Gasteiger partial charge on any atom is 0.0699 e. The molecule has 2 unspecified atom stereocenters. The lowest BCUT2D eigenvalue weighted by atomic mass is 10.0. The number of thioether (sulfide) groups is 1. The molecule has 2 rings (SSSR count). The number of benzene rings is 1. The second kappa shape index (κ2) is 5.95. The summed E-state index contributed by atoms with van der Waals surface area (Å²) in [6, 6.07) is 7.77. The van der Waals surface area contributed by atoms with E-state index in [2.05, 4.69) is 0 Å². The molecule has 1 nitrogen and oxygen atoms in total. The molecule has 1 saturated heterocycles. The summed E-state index contributed by atoms with van der Waals surface area (Å²) >= 11 is 7.75. The molecule has 1 fully saturated rings. The van der Waals surface area contributed by atoms with Crippen LogP contribution in [0.1, 0.15) is 24.8 Å². The summed E-state index contributed by atoms with van der Waals surface area (Å²) in [5, 5.41) is 11.3. The van der Waals surface area contributed by atoms with Gasteiger partial charge < -0.3 is 5.11 Å². The Morgan fingerprint density at radius 2 is 2.06 bits per heavy atom. The first-order chi connectivity index (χ1) is 7.75. The van der Waals surface area contributed by atoms with E-state index in [4.69, 9.17) is 11.6 Å². The van der Waals surface area contributed by atoms with Crippen molar-refractivity contribution in [1.82, 2.24) is 0 Å². The van der Waals surface area contributed by atoms with Gasteiger partial charge in [-0.3, -0.25) is 0 Å². The third-order valence-corrected chi connectivity index (χ3v) is 4.76. The molecule has 1 aromatic rings. The molecule has 1 N–H and O–H groups in total. The van der Waals surface area contributed by atoms with E-state index in [1.54, 1.807) is 0 Å². The molecule has 0 saturated carbocycles. The van der Waals surface area contributed by atoms with Crippen LogP contribution < -0.4 is 0 Å². The minimum absolute atomic E-state index is 0.216. The van der Waals surface area contributed by atoms with Crippen LogP contribution in [0.25, 0.3) is 0 Å². The van der Waals surface area contributed by atoms with Gasteiger partial charge in [0.1, 0.15) is 0 Å².